The second-order valence-electron chi connectivity index (χ2n) is 8.44. The predicted octanol–water partition coefficient (Wildman–Crippen LogP) is 2.37. The lowest BCUT2D eigenvalue weighted by molar-refractivity contribution is 0.363. The molecule has 0 spiro atoms. The van der Waals surface area contributed by atoms with Gasteiger partial charge >= 0.3 is 0 Å². The van der Waals surface area contributed by atoms with Crippen LogP contribution in [0.25, 0.3) is 11.2 Å². The molecule has 0 amide bonds. The van der Waals surface area contributed by atoms with E-state index in [1.807, 2.05) is 13.0 Å². The number of hydrogen-bond donors (Lipinski definition) is 0. The summed E-state index contributed by atoms with van der Waals surface area (Å²) < 4.78 is 8.59. The van der Waals surface area contributed by atoms with Crippen molar-refractivity contribution in [1.29, 1.82) is 0 Å². The average Bonchev–Trinajstić information content (AvgIpc) is 3.18. The van der Waals surface area contributed by atoms with Crippen molar-refractivity contribution in [3.05, 3.63) is 63.5 Å². The molecule has 0 radical (unpaired) electrons. The number of imidazole rings is 1. The third-order valence-electron chi connectivity index (χ3n) is 6.50. The van der Waals surface area contributed by atoms with Crippen LogP contribution in [0.2, 0.25) is 5.02 Å². The van der Waals surface area contributed by atoms with Crippen molar-refractivity contribution in [2.24, 2.45) is 18.9 Å². The Morgan fingerprint density at radius 3 is 2.74 bits per heavy atom. The van der Waals surface area contributed by atoms with Gasteiger partial charge in [-0.05, 0) is 36.5 Å². The summed E-state index contributed by atoms with van der Waals surface area (Å²) in [5, 5.41) is 5.00. The molecule has 4 heterocycles. The molecule has 4 aromatic rings. The summed E-state index contributed by atoms with van der Waals surface area (Å²) in [7, 11) is 1.77. The van der Waals surface area contributed by atoms with Gasteiger partial charge in [-0.25, -0.2) is 9.97 Å². The fraction of sp³-hybridized carbons (Fsp3) is 0.381. The molecular weight excluding hydrogens is 418 g/mol. The van der Waals surface area contributed by atoms with Crippen LogP contribution in [0.15, 0.2) is 40.2 Å². The largest absolute Gasteiger partial charge is 0.371 e. The maximum Gasteiger partial charge on any atom is 0.280 e. The molecule has 1 aliphatic carbocycles. The van der Waals surface area contributed by atoms with Gasteiger partial charge in [0, 0.05) is 36.8 Å². The van der Waals surface area contributed by atoms with Crippen LogP contribution in [0.5, 0.6) is 0 Å². The number of nitrogens with zero attached hydrogens (tertiary/aromatic N) is 7. The first-order valence-corrected chi connectivity index (χ1v) is 10.6. The van der Waals surface area contributed by atoms with Gasteiger partial charge in [0.25, 0.3) is 5.56 Å². The van der Waals surface area contributed by atoms with E-state index < -0.39 is 0 Å². The molecule has 2 fully saturated rings. The Hall–Kier alpha value is -3.20. The second kappa shape index (κ2) is 6.65. The van der Waals surface area contributed by atoms with Crippen LogP contribution in [0.1, 0.15) is 23.2 Å². The molecule has 2 atom stereocenters. The van der Waals surface area contributed by atoms with Gasteiger partial charge in [-0.3, -0.25) is 9.36 Å². The van der Waals surface area contributed by atoms with Crippen LogP contribution in [-0.2, 0) is 13.6 Å². The normalized spacial score (nSPS) is 22.3. The van der Waals surface area contributed by atoms with Crippen molar-refractivity contribution in [3.63, 3.8) is 0 Å². The standard InChI is InChI=1S/C21H20ClN7O2/c1-11-3-4-12(5-15(11)22)28-6-13-14(7-28)17(13)19-25-16(31-26-19)8-29-10-24-20-18(21(29)30)27(2)9-23-20/h3-5,9-10,13-14,17H,6-8H2,1-2H3. The van der Waals surface area contributed by atoms with Crippen LogP contribution >= 0.6 is 11.6 Å². The number of aromatic nitrogens is 6. The van der Waals surface area contributed by atoms with E-state index in [9.17, 15) is 4.79 Å². The maximum absolute atomic E-state index is 12.7. The zero-order valence-corrected chi connectivity index (χ0v) is 17.8. The molecule has 2 aliphatic rings. The molecule has 158 valence electrons. The molecule has 2 unspecified atom stereocenters. The van der Waals surface area contributed by atoms with Crippen LogP contribution in [0, 0.1) is 18.8 Å². The Bertz CT molecular complexity index is 1360. The van der Waals surface area contributed by atoms with Gasteiger partial charge in [0.1, 0.15) is 12.9 Å². The summed E-state index contributed by atoms with van der Waals surface area (Å²) in [4.78, 5) is 28.0. The van der Waals surface area contributed by atoms with Gasteiger partial charge in [-0.2, -0.15) is 4.98 Å². The number of aryl methyl sites for hydroxylation is 2. The molecule has 1 aliphatic heterocycles. The van der Waals surface area contributed by atoms with Crippen molar-refractivity contribution in [2.45, 2.75) is 19.4 Å². The lowest BCUT2D eigenvalue weighted by Gasteiger charge is -2.22. The first-order chi connectivity index (χ1) is 15.0. The molecule has 1 saturated heterocycles. The van der Waals surface area contributed by atoms with Gasteiger partial charge in [0.2, 0.25) is 5.89 Å². The van der Waals surface area contributed by atoms with E-state index in [4.69, 9.17) is 16.1 Å². The third kappa shape index (κ3) is 2.95. The monoisotopic (exact) mass is 437 g/mol. The molecule has 6 rings (SSSR count). The highest BCUT2D eigenvalue weighted by atomic mass is 35.5. The summed E-state index contributed by atoms with van der Waals surface area (Å²) in [6.07, 6.45) is 3.05. The smallest absolute Gasteiger partial charge is 0.280 e. The van der Waals surface area contributed by atoms with E-state index in [0.717, 1.165) is 35.2 Å². The summed E-state index contributed by atoms with van der Waals surface area (Å²) in [6, 6.07) is 6.22. The van der Waals surface area contributed by atoms with E-state index in [2.05, 4.69) is 37.1 Å². The lowest BCUT2D eigenvalue weighted by Crippen LogP contribution is -2.24. The fourth-order valence-electron chi connectivity index (χ4n) is 4.70. The molecule has 9 nitrogen and oxygen atoms in total. The van der Waals surface area contributed by atoms with Crippen molar-refractivity contribution >= 4 is 28.5 Å². The van der Waals surface area contributed by atoms with Gasteiger partial charge in [-0.1, -0.05) is 22.8 Å². The SMILES string of the molecule is Cc1ccc(N2CC3C(C2)C3c2noc(Cn3cnc4ncn(C)c4c3=O)n2)cc1Cl. The highest BCUT2D eigenvalue weighted by molar-refractivity contribution is 6.31. The summed E-state index contributed by atoms with van der Waals surface area (Å²) >= 11 is 6.29. The minimum atomic E-state index is -0.180. The number of piperidine rings is 1. The molecular formula is C21H20ClN7O2. The Morgan fingerprint density at radius 1 is 1.19 bits per heavy atom. The second-order valence-corrected chi connectivity index (χ2v) is 8.85. The van der Waals surface area contributed by atoms with E-state index in [1.165, 1.54) is 10.9 Å². The highest BCUT2D eigenvalue weighted by Crippen LogP contribution is 2.58. The fourth-order valence-corrected chi connectivity index (χ4v) is 4.87. The molecule has 0 bridgehead atoms. The molecule has 10 heteroatoms. The number of anilines is 1. The number of rotatable bonds is 4. The van der Waals surface area contributed by atoms with Crippen LogP contribution in [-0.4, -0.2) is 42.3 Å². The van der Waals surface area contributed by atoms with Crippen molar-refractivity contribution in [1.82, 2.24) is 29.2 Å². The molecule has 31 heavy (non-hydrogen) atoms. The molecule has 1 saturated carbocycles. The molecule has 1 aromatic carbocycles. The van der Waals surface area contributed by atoms with Crippen molar-refractivity contribution in [2.75, 3.05) is 18.0 Å². The van der Waals surface area contributed by atoms with Crippen LogP contribution in [0.4, 0.5) is 5.69 Å². The third-order valence-corrected chi connectivity index (χ3v) is 6.91. The highest BCUT2D eigenvalue weighted by Gasteiger charge is 2.58. The first-order valence-electron chi connectivity index (χ1n) is 10.2. The van der Waals surface area contributed by atoms with E-state index >= 15 is 0 Å². The topological polar surface area (TPSA) is 94.9 Å². The Kier molecular flexibility index (Phi) is 3.98. The van der Waals surface area contributed by atoms with Gasteiger partial charge in [-0.15, -0.1) is 0 Å². The van der Waals surface area contributed by atoms with Crippen molar-refractivity contribution < 1.29 is 4.52 Å². The van der Waals surface area contributed by atoms with Crippen LogP contribution < -0.4 is 10.5 Å². The number of hydrogen-bond acceptors (Lipinski definition) is 7. The Morgan fingerprint density at radius 2 is 1.97 bits per heavy atom. The minimum absolute atomic E-state index is 0.180. The van der Waals surface area contributed by atoms with E-state index in [1.54, 1.807) is 17.9 Å². The van der Waals surface area contributed by atoms with Crippen molar-refractivity contribution in [3.8, 4) is 0 Å². The zero-order valence-electron chi connectivity index (χ0n) is 17.1. The number of benzene rings is 1. The zero-order chi connectivity index (χ0) is 21.3. The van der Waals surface area contributed by atoms with E-state index in [-0.39, 0.29) is 12.1 Å². The molecule has 3 aromatic heterocycles. The predicted molar refractivity (Wildman–Crippen MR) is 114 cm³/mol. The van der Waals surface area contributed by atoms with Gasteiger partial charge < -0.3 is 14.0 Å². The number of fused-ring (bicyclic) bond motifs is 2. The quantitative estimate of drug-likeness (QED) is 0.483. The maximum atomic E-state index is 12.7. The summed E-state index contributed by atoms with van der Waals surface area (Å²) in [5.41, 5.74) is 2.95. The van der Waals surface area contributed by atoms with Gasteiger partial charge in [0.05, 0.1) is 6.33 Å². The average molecular weight is 438 g/mol. The molecule has 0 N–H and O–H groups in total. The van der Waals surface area contributed by atoms with Crippen LogP contribution in [0.3, 0.4) is 0 Å². The van der Waals surface area contributed by atoms with E-state index in [0.29, 0.717) is 34.8 Å². The Balaban J connectivity index is 1.16. The minimum Gasteiger partial charge on any atom is -0.371 e. The lowest BCUT2D eigenvalue weighted by atomic mass is 10.2. The summed E-state index contributed by atoms with van der Waals surface area (Å²) in [6.45, 7) is 4.12. The summed E-state index contributed by atoms with van der Waals surface area (Å²) in [5.74, 6) is 2.48. The first kappa shape index (κ1) is 18.6. The Labute approximate surface area is 182 Å². The van der Waals surface area contributed by atoms with Gasteiger partial charge in [0.15, 0.2) is 17.0 Å². The number of halogens is 1.